The zero-order valence-electron chi connectivity index (χ0n) is 11.9. The van der Waals surface area contributed by atoms with Gasteiger partial charge in [-0.3, -0.25) is 4.98 Å². The van der Waals surface area contributed by atoms with E-state index in [1.165, 1.54) is 7.11 Å². The average Bonchev–Trinajstić information content (AvgIpc) is 2.52. The van der Waals surface area contributed by atoms with Crippen molar-refractivity contribution in [3.8, 4) is 17.2 Å². The van der Waals surface area contributed by atoms with Crippen LogP contribution < -0.4 is 4.74 Å². The zero-order valence-corrected chi connectivity index (χ0v) is 12.6. The molecule has 1 aromatic heterocycles. The molecule has 0 bridgehead atoms. The third-order valence-corrected chi connectivity index (χ3v) is 3.84. The molecule has 2 aromatic carbocycles. The molecule has 0 saturated carbocycles. The van der Waals surface area contributed by atoms with Crippen molar-refractivity contribution in [3.05, 3.63) is 58.9 Å². The summed E-state index contributed by atoms with van der Waals surface area (Å²) in [5, 5.41) is 22.2. The van der Waals surface area contributed by atoms with E-state index in [1.807, 2.05) is 6.07 Å². The monoisotopic (exact) mass is 315 g/mol. The van der Waals surface area contributed by atoms with Crippen molar-refractivity contribution in [2.75, 3.05) is 7.11 Å². The number of benzene rings is 2. The summed E-state index contributed by atoms with van der Waals surface area (Å²) in [4.78, 5) is 4.17. The van der Waals surface area contributed by atoms with Crippen LogP contribution in [0.2, 0.25) is 5.02 Å². The molecule has 1 heterocycles. The van der Waals surface area contributed by atoms with Gasteiger partial charge in [0.05, 0.1) is 7.11 Å². The minimum absolute atomic E-state index is 0.0599. The average molecular weight is 316 g/mol. The van der Waals surface area contributed by atoms with E-state index in [4.69, 9.17) is 16.3 Å². The number of phenolic OH excluding ortho intramolecular Hbond substituents is 2. The molecule has 0 fully saturated rings. The predicted octanol–water partition coefficient (Wildman–Crippen LogP) is 3.90. The lowest BCUT2D eigenvalue weighted by Gasteiger charge is -2.11. The molecular weight excluding hydrogens is 302 g/mol. The van der Waals surface area contributed by atoms with Crippen molar-refractivity contribution < 1.29 is 14.9 Å². The van der Waals surface area contributed by atoms with E-state index in [-0.39, 0.29) is 11.5 Å². The first-order valence-electron chi connectivity index (χ1n) is 6.70. The number of aromatic nitrogens is 1. The first-order chi connectivity index (χ1) is 10.6. The van der Waals surface area contributed by atoms with Crippen LogP contribution in [0.3, 0.4) is 0 Å². The second-order valence-electron chi connectivity index (χ2n) is 4.96. The van der Waals surface area contributed by atoms with Gasteiger partial charge in [-0.25, -0.2) is 0 Å². The molecule has 0 amide bonds. The van der Waals surface area contributed by atoms with Crippen molar-refractivity contribution in [2.45, 2.75) is 6.42 Å². The predicted molar refractivity (Wildman–Crippen MR) is 85.9 cm³/mol. The Hall–Kier alpha value is -2.46. The first kappa shape index (κ1) is 14.5. The number of fused-ring (bicyclic) bond motifs is 1. The molecule has 3 rings (SSSR count). The number of aromatic hydroxyl groups is 2. The summed E-state index contributed by atoms with van der Waals surface area (Å²) in [6.45, 7) is 0. The summed E-state index contributed by atoms with van der Waals surface area (Å²) < 4.78 is 5.11. The van der Waals surface area contributed by atoms with Gasteiger partial charge in [-0.15, -0.1) is 0 Å². The highest BCUT2D eigenvalue weighted by Crippen LogP contribution is 2.36. The van der Waals surface area contributed by atoms with Gasteiger partial charge >= 0.3 is 0 Å². The molecule has 0 spiro atoms. The van der Waals surface area contributed by atoms with Gasteiger partial charge in [0.15, 0.2) is 11.5 Å². The number of ether oxygens (including phenoxy) is 1. The summed E-state index contributed by atoms with van der Waals surface area (Å²) in [6, 6.07) is 8.50. The maximum atomic E-state index is 10.2. The van der Waals surface area contributed by atoms with Gasteiger partial charge in [0.25, 0.3) is 0 Å². The Morgan fingerprint density at radius 2 is 1.86 bits per heavy atom. The number of halogens is 1. The highest BCUT2D eigenvalue weighted by atomic mass is 35.5. The van der Waals surface area contributed by atoms with Crippen molar-refractivity contribution >= 4 is 22.4 Å². The Morgan fingerprint density at radius 3 is 2.64 bits per heavy atom. The molecule has 0 aliphatic rings. The molecule has 4 nitrogen and oxygen atoms in total. The second-order valence-corrected chi connectivity index (χ2v) is 5.40. The normalized spacial score (nSPS) is 10.8. The number of nitrogens with zero attached hydrogens (tertiary/aromatic N) is 1. The van der Waals surface area contributed by atoms with Crippen LogP contribution in [0, 0.1) is 0 Å². The van der Waals surface area contributed by atoms with Crippen molar-refractivity contribution in [3.63, 3.8) is 0 Å². The molecular formula is C17H14ClNO3. The van der Waals surface area contributed by atoms with Gasteiger partial charge in [0, 0.05) is 29.2 Å². The fourth-order valence-electron chi connectivity index (χ4n) is 2.48. The Labute approximate surface area is 132 Å². The van der Waals surface area contributed by atoms with E-state index in [1.54, 1.807) is 36.7 Å². The number of phenols is 2. The van der Waals surface area contributed by atoms with Gasteiger partial charge in [0.2, 0.25) is 0 Å². The number of pyridine rings is 1. The van der Waals surface area contributed by atoms with Crippen LogP contribution in [0.15, 0.2) is 42.7 Å². The number of hydrogen-bond acceptors (Lipinski definition) is 4. The quantitative estimate of drug-likeness (QED) is 0.769. The van der Waals surface area contributed by atoms with Crippen LogP contribution in [0.1, 0.15) is 11.1 Å². The number of methoxy groups -OCH3 is 1. The summed E-state index contributed by atoms with van der Waals surface area (Å²) in [5.74, 6) is 0.640. The number of hydrogen-bond donors (Lipinski definition) is 2. The van der Waals surface area contributed by atoms with Gasteiger partial charge in [0.1, 0.15) is 5.75 Å². The van der Waals surface area contributed by atoms with Crippen LogP contribution in [-0.4, -0.2) is 22.3 Å². The molecule has 0 radical (unpaired) electrons. The standard InChI is InChI=1S/C17H14ClNO3/c1-22-16-5-3-13-11(8-19-9-14(13)17(16)21)6-10-7-12(18)2-4-15(10)20/h2-5,7-9,20-21H,6H2,1H3. The van der Waals surface area contributed by atoms with Crippen LogP contribution in [0.25, 0.3) is 10.8 Å². The molecule has 3 aromatic rings. The van der Waals surface area contributed by atoms with E-state index in [9.17, 15) is 10.2 Å². The van der Waals surface area contributed by atoms with Crippen LogP contribution >= 0.6 is 11.6 Å². The third-order valence-electron chi connectivity index (χ3n) is 3.60. The molecule has 0 aliphatic heterocycles. The SMILES string of the molecule is COc1ccc2c(Cc3cc(Cl)ccc3O)cncc2c1O. The zero-order chi connectivity index (χ0) is 15.7. The molecule has 0 aliphatic carbocycles. The summed E-state index contributed by atoms with van der Waals surface area (Å²) in [5.41, 5.74) is 1.59. The molecule has 0 unspecified atom stereocenters. The maximum absolute atomic E-state index is 10.2. The molecule has 0 atom stereocenters. The first-order valence-corrected chi connectivity index (χ1v) is 7.08. The minimum Gasteiger partial charge on any atom is -0.508 e. The van der Waals surface area contributed by atoms with E-state index >= 15 is 0 Å². The second kappa shape index (κ2) is 5.73. The van der Waals surface area contributed by atoms with Crippen molar-refractivity contribution in [2.24, 2.45) is 0 Å². The van der Waals surface area contributed by atoms with Crippen molar-refractivity contribution in [1.29, 1.82) is 0 Å². The van der Waals surface area contributed by atoms with Crippen molar-refractivity contribution in [1.82, 2.24) is 4.98 Å². The van der Waals surface area contributed by atoms with E-state index in [2.05, 4.69) is 4.98 Å². The third kappa shape index (κ3) is 2.53. The van der Waals surface area contributed by atoms with E-state index < -0.39 is 0 Å². The Kier molecular flexibility index (Phi) is 3.77. The summed E-state index contributed by atoms with van der Waals surface area (Å²) >= 11 is 5.98. The highest BCUT2D eigenvalue weighted by Gasteiger charge is 2.12. The van der Waals surface area contributed by atoms with E-state index in [0.717, 1.165) is 10.9 Å². The maximum Gasteiger partial charge on any atom is 0.167 e. The largest absolute Gasteiger partial charge is 0.508 e. The molecule has 112 valence electrons. The van der Waals surface area contributed by atoms with Gasteiger partial charge < -0.3 is 14.9 Å². The Morgan fingerprint density at radius 1 is 1.05 bits per heavy atom. The van der Waals surface area contributed by atoms with Crippen LogP contribution in [-0.2, 0) is 6.42 Å². The van der Waals surface area contributed by atoms with Crippen LogP contribution in [0.5, 0.6) is 17.2 Å². The summed E-state index contributed by atoms with van der Waals surface area (Å²) in [7, 11) is 1.50. The Bertz CT molecular complexity index is 849. The molecule has 2 N–H and O–H groups in total. The summed E-state index contributed by atoms with van der Waals surface area (Å²) in [6.07, 6.45) is 3.77. The Balaban J connectivity index is 2.12. The topological polar surface area (TPSA) is 62.6 Å². The van der Waals surface area contributed by atoms with Gasteiger partial charge in [-0.05, 0) is 40.8 Å². The van der Waals surface area contributed by atoms with Crippen LogP contribution in [0.4, 0.5) is 0 Å². The fraction of sp³-hybridized carbons (Fsp3) is 0.118. The highest BCUT2D eigenvalue weighted by molar-refractivity contribution is 6.30. The van der Waals surface area contributed by atoms with Gasteiger partial charge in [-0.2, -0.15) is 0 Å². The smallest absolute Gasteiger partial charge is 0.167 e. The lowest BCUT2D eigenvalue weighted by Crippen LogP contribution is -1.93. The lowest BCUT2D eigenvalue weighted by molar-refractivity contribution is 0.376. The van der Waals surface area contributed by atoms with Gasteiger partial charge in [-0.1, -0.05) is 17.7 Å². The lowest BCUT2D eigenvalue weighted by atomic mass is 10.00. The minimum atomic E-state index is 0.0599. The molecule has 0 saturated heterocycles. The van der Waals surface area contributed by atoms with E-state index in [0.29, 0.717) is 28.1 Å². The number of rotatable bonds is 3. The molecule has 5 heteroatoms. The fourth-order valence-corrected chi connectivity index (χ4v) is 2.67. The molecule has 22 heavy (non-hydrogen) atoms.